The highest BCUT2D eigenvalue weighted by atomic mass is 32.2. The smallest absolute Gasteiger partial charge is 0.333 e. The number of ether oxygens (including phenoxy) is 2. The number of hydrogen-bond acceptors (Lipinski definition) is 6. The fourth-order valence-corrected chi connectivity index (χ4v) is 4.99. The van der Waals surface area contributed by atoms with Crippen LogP contribution < -0.4 is 4.74 Å². The second kappa shape index (κ2) is 12.0. The number of esters is 1. The first-order valence-corrected chi connectivity index (χ1v) is 13.0. The number of amides is 1. The van der Waals surface area contributed by atoms with Crippen LogP contribution in [0.1, 0.15) is 41.6 Å². The lowest BCUT2D eigenvalue weighted by Crippen LogP contribution is -2.38. The van der Waals surface area contributed by atoms with Crippen LogP contribution in [-0.2, 0) is 20.9 Å². The highest BCUT2D eigenvalue weighted by Crippen LogP contribution is 2.39. The lowest BCUT2D eigenvalue weighted by atomic mass is 10.1. The van der Waals surface area contributed by atoms with Crippen molar-refractivity contribution < 1.29 is 19.1 Å². The van der Waals surface area contributed by atoms with Gasteiger partial charge in [0.15, 0.2) is 6.04 Å². The van der Waals surface area contributed by atoms with Crippen molar-refractivity contribution in [2.24, 2.45) is 0 Å². The minimum atomic E-state index is -0.922. The van der Waals surface area contributed by atoms with Gasteiger partial charge in [-0.2, -0.15) is 0 Å². The van der Waals surface area contributed by atoms with Gasteiger partial charge in [-0.15, -0.1) is 0 Å². The van der Waals surface area contributed by atoms with Crippen LogP contribution in [0, 0.1) is 6.92 Å². The molecule has 1 amide bonds. The summed E-state index contributed by atoms with van der Waals surface area (Å²) in [6, 6.07) is 23.9. The van der Waals surface area contributed by atoms with Crippen LogP contribution in [-0.4, -0.2) is 27.7 Å². The summed E-state index contributed by atoms with van der Waals surface area (Å²) in [6.45, 7) is 4.74. The second-order valence-corrected chi connectivity index (χ2v) is 10.1. The molecule has 7 heteroatoms. The zero-order valence-corrected chi connectivity index (χ0v) is 21.8. The number of nitrogens with zero attached hydrogens (tertiary/aromatic N) is 1. The van der Waals surface area contributed by atoms with E-state index in [1.165, 1.54) is 22.2 Å². The van der Waals surface area contributed by atoms with E-state index in [-0.39, 0.29) is 12.5 Å². The molecule has 4 rings (SSSR count). The third-order valence-electron chi connectivity index (χ3n) is 5.57. The van der Waals surface area contributed by atoms with Gasteiger partial charge in [-0.05, 0) is 48.2 Å². The van der Waals surface area contributed by atoms with Crippen molar-refractivity contribution in [1.29, 1.82) is 0 Å². The number of thioether (sulfide) groups is 1. The van der Waals surface area contributed by atoms with Crippen molar-refractivity contribution in [1.82, 2.24) is 4.90 Å². The Morgan fingerprint density at radius 1 is 1.03 bits per heavy atom. The molecule has 1 aliphatic rings. The molecular weight excluding hydrogens is 490 g/mol. The van der Waals surface area contributed by atoms with Gasteiger partial charge in [-0.1, -0.05) is 103 Å². The molecule has 0 spiro atoms. The Kier molecular flexibility index (Phi) is 8.57. The summed E-state index contributed by atoms with van der Waals surface area (Å²) in [5.41, 5.74) is 3.80. The number of carbonyl (C=O) groups excluding carboxylic acids is 2. The normalized spacial score (nSPS) is 15.3. The zero-order chi connectivity index (χ0) is 25.5. The molecule has 0 aliphatic carbocycles. The second-order valence-electron chi connectivity index (χ2n) is 8.38. The van der Waals surface area contributed by atoms with E-state index in [0.717, 1.165) is 16.9 Å². The number of carbonyl (C=O) groups is 2. The summed E-state index contributed by atoms with van der Waals surface area (Å²) in [5.74, 6) is -0.0641. The van der Waals surface area contributed by atoms with E-state index in [1.54, 1.807) is 18.2 Å². The Morgan fingerprint density at radius 2 is 1.72 bits per heavy atom. The van der Waals surface area contributed by atoms with E-state index in [0.29, 0.717) is 27.8 Å². The van der Waals surface area contributed by atoms with Crippen molar-refractivity contribution in [3.05, 3.63) is 106 Å². The molecule has 1 unspecified atom stereocenters. The van der Waals surface area contributed by atoms with Crippen molar-refractivity contribution in [3.63, 3.8) is 0 Å². The van der Waals surface area contributed by atoms with Gasteiger partial charge in [-0.3, -0.25) is 9.69 Å². The molecule has 0 radical (unpaired) electrons. The van der Waals surface area contributed by atoms with Crippen LogP contribution in [0.4, 0.5) is 0 Å². The van der Waals surface area contributed by atoms with Crippen LogP contribution >= 0.6 is 24.0 Å². The van der Waals surface area contributed by atoms with Crippen LogP contribution in [0.25, 0.3) is 6.08 Å². The van der Waals surface area contributed by atoms with Gasteiger partial charge < -0.3 is 9.47 Å². The maximum absolute atomic E-state index is 13.4. The van der Waals surface area contributed by atoms with Gasteiger partial charge in [0, 0.05) is 0 Å². The third kappa shape index (κ3) is 6.22. The van der Waals surface area contributed by atoms with Crippen molar-refractivity contribution in [2.45, 2.75) is 32.9 Å². The third-order valence-corrected chi connectivity index (χ3v) is 6.90. The standard InChI is InChI=1S/C29H27NO4S2/c1-3-17-33-28(32)26(23-7-5-4-6-8-23)30-27(31)25(36-29(30)35)18-21-13-15-24(16-14-21)34-19-22-11-9-20(2)10-12-22/h4-16,18,26H,3,17,19H2,1-2H3/b25-18-. The number of rotatable bonds is 9. The summed E-state index contributed by atoms with van der Waals surface area (Å²) in [5, 5.41) is 0. The minimum absolute atomic E-state index is 0.283. The molecule has 36 heavy (non-hydrogen) atoms. The van der Waals surface area contributed by atoms with Gasteiger partial charge in [-0.25, -0.2) is 4.79 Å². The van der Waals surface area contributed by atoms with Gasteiger partial charge in [0.25, 0.3) is 5.91 Å². The van der Waals surface area contributed by atoms with E-state index in [4.69, 9.17) is 21.7 Å². The van der Waals surface area contributed by atoms with Crippen LogP contribution in [0.15, 0.2) is 83.8 Å². The number of thiocarbonyl (C=S) groups is 1. The van der Waals surface area contributed by atoms with Crippen molar-refractivity contribution >= 4 is 46.3 Å². The van der Waals surface area contributed by atoms with E-state index in [1.807, 2.05) is 61.5 Å². The Hall–Kier alpha value is -3.42. The highest BCUT2D eigenvalue weighted by Gasteiger charge is 2.42. The summed E-state index contributed by atoms with van der Waals surface area (Å²) < 4.78 is 11.6. The molecule has 0 aromatic heterocycles. The first-order valence-electron chi connectivity index (χ1n) is 11.7. The molecule has 0 N–H and O–H groups in total. The Balaban J connectivity index is 1.49. The van der Waals surface area contributed by atoms with E-state index < -0.39 is 12.0 Å². The first-order chi connectivity index (χ1) is 17.5. The summed E-state index contributed by atoms with van der Waals surface area (Å²) in [7, 11) is 0. The molecule has 1 aliphatic heterocycles. The molecule has 184 valence electrons. The minimum Gasteiger partial charge on any atom is -0.489 e. The van der Waals surface area contributed by atoms with Gasteiger partial charge in [0.1, 0.15) is 16.7 Å². The molecular formula is C29H27NO4S2. The predicted molar refractivity (Wildman–Crippen MR) is 147 cm³/mol. The molecule has 0 saturated carbocycles. The van der Waals surface area contributed by atoms with Crippen LogP contribution in [0.3, 0.4) is 0 Å². The van der Waals surface area contributed by atoms with Gasteiger partial charge >= 0.3 is 5.97 Å². The van der Waals surface area contributed by atoms with E-state index >= 15 is 0 Å². The zero-order valence-electron chi connectivity index (χ0n) is 20.2. The Morgan fingerprint density at radius 3 is 2.39 bits per heavy atom. The monoisotopic (exact) mass is 517 g/mol. The first kappa shape index (κ1) is 25.7. The Labute approximate surface area is 221 Å². The molecule has 3 aromatic rings. The molecule has 1 saturated heterocycles. The van der Waals surface area contributed by atoms with E-state index in [2.05, 4.69) is 19.1 Å². The largest absolute Gasteiger partial charge is 0.489 e. The number of hydrogen-bond donors (Lipinski definition) is 0. The van der Waals surface area contributed by atoms with E-state index in [9.17, 15) is 9.59 Å². The average Bonchev–Trinajstić information content (AvgIpc) is 3.16. The topological polar surface area (TPSA) is 55.8 Å². The average molecular weight is 518 g/mol. The fraction of sp³-hybridized carbons (Fsp3) is 0.207. The summed E-state index contributed by atoms with van der Waals surface area (Å²) in [6.07, 6.45) is 2.47. The summed E-state index contributed by atoms with van der Waals surface area (Å²) in [4.78, 5) is 28.1. The highest BCUT2D eigenvalue weighted by molar-refractivity contribution is 8.26. The quantitative estimate of drug-likeness (QED) is 0.184. The molecule has 1 atom stereocenters. The Bertz CT molecular complexity index is 1250. The SMILES string of the molecule is CCCOC(=O)C(c1ccccc1)N1C(=O)/C(=C/c2ccc(OCc3ccc(C)cc3)cc2)SC1=S. The van der Waals surface area contributed by atoms with Gasteiger partial charge in [0.05, 0.1) is 11.5 Å². The lowest BCUT2D eigenvalue weighted by molar-refractivity contribution is -0.151. The lowest BCUT2D eigenvalue weighted by Gasteiger charge is -2.25. The molecule has 0 bridgehead atoms. The van der Waals surface area contributed by atoms with Crippen molar-refractivity contribution in [2.75, 3.05) is 6.61 Å². The van der Waals surface area contributed by atoms with Crippen molar-refractivity contribution in [3.8, 4) is 5.75 Å². The predicted octanol–water partition coefficient (Wildman–Crippen LogP) is 6.47. The number of benzene rings is 3. The fourth-order valence-electron chi connectivity index (χ4n) is 3.67. The molecule has 1 fully saturated rings. The molecule has 1 heterocycles. The van der Waals surface area contributed by atoms with Crippen LogP contribution in [0.5, 0.6) is 5.75 Å². The molecule has 5 nitrogen and oxygen atoms in total. The molecule has 3 aromatic carbocycles. The maximum Gasteiger partial charge on any atom is 0.333 e. The maximum atomic E-state index is 13.4. The number of aryl methyl sites for hydroxylation is 1. The summed E-state index contributed by atoms with van der Waals surface area (Å²) >= 11 is 6.71. The van der Waals surface area contributed by atoms with Crippen LogP contribution in [0.2, 0.25) is 0 Å². The van der Waals surface area contributed by atoms with Gasteiger partial charge in [0.2, 0.25) is 0 Å².